The third-order valence-electron chi connectivity index (χ3n) is 18.8. The average Bonchev–Trinajstić information content (AvgIpc) is 3.55. The lowest BCUT2D eigenvalue weighted by atomic mass is 9.99. The molecule has 0 aromatic carbocycles. The molecule has 9 heteroatoms. The lowest BCUT2D eigenvalue weighted by Crippen LogP contribution is -2.60. The number of rotatable bonds is 69. The van der Waals surface area contributed by atoms with Gasteiger partial charge in [0.2, 0.25) is 5.91 Å². The Kier molecular flexibility index (Phi) is 64.0. The Morgan fingerprint density at radius 2 is 0.651 bits per heavy atom. The predicted octanol–water partition coefficient (Wildman–Crippen LogP) is 21.6. The molecule has 0 radical (unpaired) electrons. The smallest absolute Gasteiger partial charge is 0.220 e. The van der Waals surface area contributed by atoms with Gasteiger partial charge < -0.3 is 40.3 Å². The molecule has 6 N–H and O–H groups in total. The monoisotopic (exact) mass is 1220 g/mol. The van der Waals surface area contributed by atoms with Crippen LogP contribution < -0.4 is 5.32 Å². The van der Waals surface area contributed by atoms with Gasteiger partial charge in [-0.25, -0.2) is 0 Å². The second-order valence-corrected chi connectivity index (χ2v) is 27.2. The first kappa shape index (κ1) is 82.7. The Morgan fingerprint density at radius 1 is 0.384 bits per heavy atom. The Balaban J connectivity index is 2.04. The van der Waals surface area contributed by atoms with E-state index in [1.807, 2.05) is 6.08 Å². The van der Waals surface area contributed by atoms with E-state index in [0.29, 0.717) is 6.42 Å². The number of ether oxygens (including phenoxy) is 2. The van der Waals surface area contributed by atoms with Gasteiger partial charge in [0.1, 0.15) is 24.4 Å². The molecule has 9 nitrogen and oxygen atoms in total. The van der Waals surface area contributed by atoms with E-state index in [1.54, 1.807) is 6.08 Å². The number of hydrogen-bond acceptors (Lipinski definition) is 8. The zero-order valence-electron chi connectivity index (χ0n) is 57.4. The van der Waals surface area contributed by atoms with Crippen molar-refractivity contribution in [3.05, 3.63) is 24.3 Å². The molecule has 1 rings (SSSR count). The summed E-state index contributed by atoms with van der Waals surface area (Å²) >= 11 is 0. The summed E-state index contributed by atoms with van der Waals surface area (Å²) in [4.78, 5) is 13.2. The normalized spacial score (nSPS) is 18.1. The molecule has 0 aromatic rings. The van der Waals surface area contributed by atoms with Crippen LogP contribution in [0.5, 0.6) is 0 Å². The maximum Gasteiger partial charge on any atom is 0.220 e. The van der Waals surface area contributed by atoms with E-state index in [4.69, 9.17) is 9.47 Å². The first-order chi connectivity index (χ1) is 42.3. The number of aliphatic hydroxyl groups is 5. The lowest BCUT2D eigenvalue weighted by molar-refractivity contribution is -0.302. The minimum Gasteiger partial charge on any atom is -0.394 e. The molecular formula is C77H149NO8. The highest BCUT2D eigenvalue weighted by atomic mass is 16.7. The molecule has 1 amide bonds. The lowest BCUT2D eigenvalue weighted by Gasteiger charge is -2.40. The van der Waals surface area contributed by atoms with Crippen molar-refractivity contribution in [3.63, 3.8) is 0 Å². The van der Waals surface area contributed by atoms with Gasteiger partial charge in [0.25, 0.3) is 0 Å². The van der Waals surface area contributed by atoms with E-state index in [-0.39, 0.29) is 12.5 Å². The highest BCUT2D eigenvalue weighted by molar-refractivity contribution is 5.76. The third kappa shape index (κ3) is 54.4. The average molecular weight is 1220 g/mol. The molecule has 0 bridgehead atoms. The second-order valence-electron chi connectivity index (χ2n) is 27.2. The van der Waals surface area contributed by atoms with Crippen molar-refractivity contribution in [1.29, 1.82) is 0 Å². The standard InChI is InChI=1S/C77H149NO8/c1-3-5-7-9-11-13-15-17-19-21-23-25-27-29-30-31-32-33-34-35-36-37-38-39-40-41-42-43-45-47-49-51-53-55-57-59-61-63-65-67-73(81)78-70(69-85-77-76(84)75(83)74(82)72(68-79)86-77)71(80)66-64-62-60-58-56-54-52-50-48-46-44-28-26-24-22-20-18-16-14-12-10-8-6-4-2/h21,23,64,66,70-72,74-77,79-80,82-84H,3-20,22,24-63,65,67-69H2,1-2H3,(H,78,81)/b23-21-,66-64+. The van der Waals surface area contributed by atoms with Crippen LogP contribution in [-0.2, 0) is 14.3 Å². The van der Waals surface area contributed by atoms with Gasteiger partial charge in [-0.2, -0.15) is 0 Å². The van der Waals surface area contributed by atoms with Gasteiger partial charge in [-0.3, -0.25) is 4.79 Å². The highest BCUT2D eigenvalue weighted by Gasteiger charge is 2.44. The van der Waals surface area contributed by atoms with Crippen molar-refractivity contribution in [2.75, 3.05) is 13.2 Å². The molecule has 0 aliphatic carbocycles. The van der Waals surface area contributed by atoms with Crippen molar-refractivity contribution in [3.8, 4) is 0 Å². The summed E-state index contributed by atoms with van der Waals surface area (Å²) in [6.45, 7) is 3.84. The van der Waals surface area contributed by atoms with E-state index in [0.717, 1.165) is 38.5 Å². The zero-order chi connectivity index (χ0) is 62.1. The minimum absolute atomic E-state index is 0.167. The van der Waals surface area contributed by atoms with Crippen LogP contribution in [0.2, 0.25) is 0 Å². The summed E-state index contributed by atoms with van der Waals surface area (Å²) in [5.41, 5.74) is 0. The molecule has 86 heavy (non-hydrogen) atoms. The number of carbonyl (C=O) groups excluding carboxylic acids is 1. The van der Waals surface area contributed by atoms with Gasteiger partial charge in [0.05, 0.1) is 25.4 Å². The van der Waals surface area contributed by atoms with Crippen molar-refractivity contribution < 1.29 is 39.8 Å². The molecule has 510 valence electrons. The van der Waals surface area contributed by atoms with E-state index < -0.39 is 49.5 Å². The van der Waals surface area contributed by atoms with Gasteiger partial charge in [0.15, 0.2) is 6.29 Å². The Bertz CT molecular complexity index is 1410. The first-order valence-electron chi connectivity index (χ1n) is 38.6. The van der Waals surface area contributed by atoms with Gasteiger partial charge in [0, 0.05) is 6.42 Å². The maximum atomic E-state index is 13.2. The van der Waals surface area contributed by atoms with Crippen LogP contribution in [0, 0.1) is 0 Å². The Labute approximate surface area is 534 Å². The van der Waals surface area contributed by atoms with Crippen LogP contribution in [0.25, 0.3) is 0 Å². The third-order valence-corrected chi connectivity index (χ3v) is 18.8. The molecule has 0 spiro atoms. The maximum absolute atomic E-state index is 13.2. The van der Waals surface area contributed by atoms with Crippen LogP contribution >= 0.6 is 0 Å². The number of nitrogens with one attached hydrogen (secondary N) is 1. The van der Waals surface area contributed by atoms with E-state index >= 15 is 0 Å². The molecule has 1 aliphatic heterocycles. The van der Waals surface area contributed by atoms with Crippen molar-refractivity contribution >= 4 is 5.91 Å². The largest absolute Gasteiger partial charge is 0.394 e. The second kappa shape index (κ2) is 66.6. The number of aliphatic hydroxyl groups excluding tert-OH is 5. The summed E-state index contributed by atoms with van der Waals surface area (Å²) in [6, 6.07) is -0.803. The van der Waals surface area contributed by atoms with Crippen LogP contribution in [0.3, 0.4) is 0 Å². The first-order valence-corrected chi connectivity index (χ1v) is 38.6. The van der Waals surface area contributed by atoms with E-state index in [9.17, 15) is 30.3 Å². The van der Waals surface area contributed by atoms with E-state index in [2.05, 4.69) is 31.3 Å². The molecular weight excluding hydrogens is 1070 g/mol. The molecule has 1 fully saturated rings. The summed E-state index contributed by atoms with van der Waals surface area (Å²) in [7, 11) is 0. The number of hydrogen-bond donors (Lipinski definition) is 6. The Hall–Kier alpha value is -1.33. The SMILES string of the molecule is CCCCCCCCCC/C=C\CCCCCCCCCCCCCCCCCCCCCCCCCCCCCC(=O)NC(COC1OC(CO)C(O)C(O)C1O)C(O)/C=C/CCCCCCCCCCCCCCCCCCCCCCCC. The molecule has 1 aliphatic rings. The van der Waals surface area contributed by atoms with Crippen molar-refractivity contribution in [1.82, 2.24) is 5.32 Å². The van der Waals surface area contributed by atoms with Crippen molar-refractivity contribution in [2.45, 2.75) is 448 Å². The molecule has 7 unspecified atom stereocenters. The number of allylic oxidation sites excluding steroid dienone is 3. The number of carbonyl (C=O) groups is 1. The fraction of sp³-hybridized carbons (Fsp3) is 0.935. The van der Waals surface area contributed by atoms with Crippen LogP contribution in [0.1, 0.15) is 406 Å². The number of unbranched alkanes of at least 4 members (excludes halogenated alkanes) is 57. The van der Waals surface area contributed by atoms with E-state index in [1.165, 1.54) is 347 Å². The molecule has 7 atom stereocenters. The fourth-order valence-corrected chi connectivity index (χ4v) is 12.7. The summed E-state index contributed by atoms with van der Waals surface area (Å²) < 4.78 is 11.3. The van der Waals surface area contributed by atoms with Crippen molar-refractivity contribution in [2.24, 2.45) is 0 Å². The molecule has 1 heterocycles. The molecule has 0 saturated carbocycles. The quantitative estimate of drug-likeness (QED) is 0.0261. The molecule has 0 aromatic heterocycles. The zero-order valence-corrected chi connectivity index (χ0v) is 57.4. The fourth-order valence-electron chi connectivity index (χ4n) is 12.7. The summed E-state index contributed by atoms with van der Waals surface area (Å²) in [5, 5.41) is 54.8. The van der Waals surface area contributed by atoms with Gasteiger partial charge in [-0.1, -0.05) is 378 Å². The summed E-state index contributed by atoms with van der Waals surface area (Å²) in [5.74, 6) is -0.167. The highest BCUT2D eigenvalue weighted by Crippen LogP contribution is 2.24. The van der Waals surface area contributed by atoms with Gasteiger partial charge in [-0.05, 0) is 44.9 Å². The molecule has 1 saturated heterocycles. The van der Waals surface area contributed by atoms with Gasteiger partial charge >= 0.3 is 0 Å². The van der Waals surface area contributed by atoms with Crippen LogP contribution in [0.15, 0.2) is 24.3 Å². The number of amides is 1. The van der Waals surface area contributed by atoms with Crippen LogP contribution in [0.4, 0.5) is 0 Å². The predicted molar refractivity (Wildman–Crippen MR) is 369 cm³/mol. The minimum atomic E-state index is -1.57. The van der Waals surface area contributed by atoms with Crippen LogP contribution in [-0.4, -0.2) is 87.5 Å². The summed E-state index contributed by atoms with van der Waals surface area (Å²) in [6.07, 6.45) is 81.8. The Morgan fingerprint density at radius 3 is 0.942 bits per heavy atom. The van der Waals surface area contributed by atoms with Gasteiger partial charge in [-0.15, -0.1) is 0 Å². The topological polar surface area (TPSA) is 149 Å².